The first kappa shape index (κ1) is 16.7. The van der Waals surface area contributed by atoms with E-state index in [4.69, 9.17) is 4.74 Å². The van der Waals surface area contributed by atoms with Gasteiger partial charge < -0.3 is 10.1 Å². The maximum atomic E-state index is 12.0. The van der Waals surface area contributed by atoms with E-state index in [1.165, 1.54) is 0 Å². The Hall–Kier alpha value is -2.62. The summed E-state index contributed by atoms with van der Waals surface area (Å²) in [5.41, 5.74) is 2.87. The van der Waals surface area contributed by atoms with Gasteiger partial charge in [0.05, 0.1) is 0 Å². The first-order chi connectivity index (χ1) is 11.0. The van der Waals surface area contributed by atoms with E-state index < -0.39 is 6.10 Å². The first-order valence-corrected chi connectivity index (χ1v) is 7.65. The molecule has 0 unspecified atom stereocenters. The van der Waals surface area contributed by atoms with Crippen molar-refractivity contribution in [2.75, 3.05) is 5.32 Å². The number of carbonyl (C=O) groups is 2. The zero-order valence-corrected chi connectivity index (χ0v) is 13.4. The van der Waals surface area contributed by atoms with Gasteiger partial charge in [0.15, 0.2) is 6.10 Å². The lowest BCUT2D eigenvalue weighted by Gasteiger charge is -2.13. The number of benzene rings is 2. The number of carbonyl (C=O) groups excluding carboxylic acids is 2. The second-order valence-corrected chi connectivity index (χ2v) is 5.47. The summed E-state index contributed by atoms with van der Waals surface area (Å²) in [5.74, 6) is -0.706. The minimum absolute atomic E-state index is 0.256. The third-order valence-corrected chi connectivity index (χ3v) is 3.46. The van der Waals surface area contributed by atoms with Crippen LogP contribution in [0.1, 0.15) is 24.5 Å². The minimum atomic E-state index is -0.820. The normalized spacial score (nSPS) is 11.6. The molecule has 0 aliphatic carbocycles. The summed E-state index contributed by atoms with van der Waals surface area (Å²) < 4.78 is 5.18. The summed E-state index contributed by atoms with van der Waals surface area (Å²) in [6.45, 7) is 3.55. The Labute approximate surface area is 136 Å². The molecule has 1 N–H and O–H groups in total. The van der Waals surface area contributed by atoms with Crippen LogP contribution >= 0.6 is 0 Å². The van der Waals surface area contributed by atoms with Crippen LogP contribution < -0.4 is 5.32 Å². The van der Waals surface area contributed by atoms with E-state index in [9.17, 15) is 9.59 Å². The number of aryl methyl sites for hydroxylation is 2. The highest BCUT2D eigenvalue weighted by Gasteiger charge is 2.17. The number of hydrogen-bond acceptors (Lipinski definition) is 3. The second kappa shape index (κ2) is 8.13. The first-order valence-electron chi connectivity index (χ1n) is 7.65. The fraction of sp³-hybridized carbons (Fsp3) is 0.263. The van der Waals surface area contributed by atoms with Gasteiger partial charge in [0.25, 0.3) is 5.91 Å². The van der Waals surface area contributed by atoms with Crippen LogP contribution in [0.3, 0.4) is 0 Å². The largest absolute Gasteiger partial charge is 0.453 e. The molecule has 2 aromatic rings. The molecule has 0 aliphatic rings. The van der Waals surface area contributed by atoms with Gasteiger partial charge in [-0.2, -0.15) is 0 Å². The molecule has 0 radical (unpaired) electrons. The maximum Gasteiger partial charge on any atom is 0.306 e. The molecule has 0 aromatic heterocycles. The van der Waals surface area contributed by atoms with Crippen LogP contribution in [0.2, 0.25) is 0 Å². The van der Waals surface area contributed by atoms with Gasteiger partial charge in [-0.1, -0.05) is 48.0 Å². The van der Waals surface area contributed by atoms with Gasteiger partial charge in [-0.3, -0.25) is 9.59 Å². The molecular weight excluding hydrogens is 290 g/mol. The highest BCUT2D eigenvalue weighted by Crippen LogP contribution is 2.10. The molecule has 2 rings (SSSR count). The van der Waals surface area contributed by atoms with Gasteiger partial charge in [0.2, 0.25) is 0 Å². The molecule has 0 heterocycles. The Morgan fingerprint density at radius 1 is 1.04 bits per heavy atom. The second-order valence-electron chi connectivity index (χ2n) is 5.47. The van der Waals surface area contributed by atoms with E-state index in [0.717, 1.165) is 11.1 Å². The van der Waals surface area contributed by atoms with Gasteiger partial charge in [-0.05, 0) is 38.0 Å². The number of anilines is 1. The van der Waals surface area contributed by atoms with Crippen LogP contribution in [-0.2, 0) is 20.7 Å². The van der Waals surface area contributed by atoms with Crippen molar-refractivity contribution in [1.29, 1.82) is 0 Å². The maximum absolute atomic E-state index is 12.0. The summed E-state index contributed by atoms with van der Waals surface area (Å²) >= 11 is 0. The molecule has 1 amide bonds. The van der Waals surface area contributed by atoms with E-state index in [2.05, 4.69) is 5.32 Å². The summed E-state index contributed by atoms with van der Waals surface area (Å²) in [5, 5.41) is 2.73. The summed E-state index contributed by atoms with van der Waals surface area (Å²) in [7, 11) is 0. The Morgan fingerprint density at radius 3 is 2.35 bits per heavy atom. The summed E-state index contributed by atoms with van der Waals surface area (Å²) in [4.78, 5) is 23.8. The molecule has 0 spiro atoms. The van der Waals surface area contributed by atoms with E-state index >= 15 is 0 Å². The van der Waals surface area contributed by atoms with Crippen molar-refractivity contribution in [3.8, 4) is 0 Å². The van der Waals surface area contributed by atoms with E-state index in [0.29, 0.717) is 12.1 Å². The average Bonchev–Trinajstić information content (AvgIpc) is 2.56. The lowest BCUT2D eigenvalue weighted by atomic mass is 10.1. The molecule has 23 heavy (non-hydrogen) atoms. The molecule has 1 atom stereocenters. The molecular formula is C19H21NO3. The standard InChI is InChI=1S/C19H21NO3/c1-14-8-11-17(12-9-14)20-19(22)15(2)23-18(21)13-10-16-6-4-3-5-7-16/h3-9,11-12,15H,10,13H2,1-2H3,(H,20,22)/t15-/m1/s1. The number of rotatable bonds is 6. The minimum Gasteiger partial charge on any atom is -0.453 e. The lowest BCUT2D eigenvalue weighted by molar-refractivity contribution is -0.153. The Bertz CT molecular complexity index is 650. The lowest BCUT2D eigenvalue weighted by Crippen LogP contribution is -2.30. The van der Waals surface area contributed by atoms with Gasteiger partial charge >= 0.3 is 5.97 Å². The summed E-state index contributed by atoms with van der Waals surface area (Å²) in [6, 6.07) is 17.2. The number of ether oxygens (including phenoxy) is 1. The monoisotopic (exact) mass is 311 g/mol. The van der Waals surface area contributed by atoms with E-state index in [1.54, 1.807) is 6.92 Å². The van der Waals surface area contributed by atoms with Crippen molar-refractivity contribution >= 4 is 17.6 Å². The average molecular weight is 311 g/mol. The van der Waals surface area contributed by atoms with Crippen molar-refractivity contribution in [3.63, 3.8) is 0 Å². The Balaban J connectivity index is 1.78. The van der Waals surface area contributed by atoms with Crippen LogP contribution in [0.5, 0.6) is 0 Å². The Morgan fingerprint density at radius 2 is 1.70 bits per heavy atom. The van der Waals surface area contributed by atoms with Gasteiger partial charge in [-0.15, -0.1) is 0 Å². The van der Waals surface area contributed by atoms with Crippen molar-refractivity contribution in [1.82, 2.24) is 0 Å². The van der Waals surface area contributed by atoms with Crippen molar-refractivity contribution in [2.24, 2.45) is 0 Å². The third kappa shape index (κ3) is 5.58. The number of esters is 1. The van der Waals surface area contributed by atoms with Crippen LogP contribution in [0, 0.1) is 6.92 Å². The molecule has 0 saturated heterocycles. The van der Waals surface area contributed by atoms with Crippen LogP contribution in [0.4, 0.5) is 5.69 Å². The van der Waals surface area contributed by atoms with Crippen LogP contribution in [0.15, 0.2) is 54.6 Å². The zero-order valence-electron chi connectivity index (χ0n) is 13.4. The van der Waals surface area contributed by atoms with Gasteiger partial charge in [-0.25, -0.2) is 0 Å². The SMILES string of the molecule is Cc1ccc(NC(=O)[C@@H](C)OC(=O)CCc2ccccc2)cc1. The number of amides is 1. The van der Waals surface area contributed by atoms with Crippen molar-refractivity contribution in [3.05, 3.63) is 65.7 Å². The van der Waals surface area contributed by atoms with Crippen LogP contribution in [-0.4, -0.2) is 18.0 Å². The number of hydrogen-bond donors (Lipinski definition) is 1. The summed E-state index contributed by atoms with van der Waals surface area (Å²) in [6.07, 6.45) is 0.0394. The number of nitrogens with one attached hydrogen (secondary N) is 1. The molecule has 0 aliphatic heterocycles. The topological polar surface area (TPSA) is 55.4 Å². The predicted molar refractivity (Wildman–Crippen MR) is 90.1 cm³/mol. The third-order valence-electron chi connectivity index (χ3n) is 3.46. The molecule has 0 fully saturated rings. The zero-order chi connectivity index (χ0) is 16.7. The quantitative estimate of drug-likeness (QED) is 0.831. The fourth-order valence-corrected chi connectivity index (χ4v) is 2.08. The predicted octanol–water partition coefficient (Wildman–Crippen LogP) is 3.50. The molecule has 0 saturated carbocycles. The fourth-order valence-electron chi connectivity index (χ4n) is 2.08. The highest BCUT2D eigenvalue weighted by atomic mass is 16.5. The smallest absolute Gasteiger partial charge is 0.306 e. The van der Waals surface area contributed by atoms with Crippen molar-refractivity contribution < 1.29 is 14.3 Å². The molecule has 120 valence electrons. The Kier molecular flexibility index (Phi) is 5.92. The molecule has 2 aromatic carbocycles. The molecule has 4 nitrogen and oxygen atoms in total. The van der Waals surface area contributed by atoms with Gasteiger partial charge in [0.1, 0.15) is 0 Å². The molecule has 0 bridgehead atoms. The van der Waals surface area contributed by atoms with Crippen LogP contribution in [0.25, 0.3) is 0 Å². The van der Waals surface area contributed by atoms with E-state index in [-0.39, 0.29) is 18.3 Å². The van der Waals surface area contributed by atoms with Crippen molar-refractivity contribution in [2.45, 2.75) is 32.8 Å². The molecule has 4 heteroatoms. The highest BCUT2D eigenvalue weighted by molar-refractivity contribution is 5.95. The van der Waals surface area contributed by atoms with E-state index in [1.807, 2.05) is 61.5 Å². The van der Waals surface area contributed by atoms with Gasteiger partial charge in [0, 0.05) is 12.1 Å².